The van der Waals surface area contributed by atoms with Gasteiger partial charge in [-0.15, -0.1) is 0 Å². The van der Waals surface area contributed by atoms with E-state index in [-0.39, 0.29) is 13.0 Å². The Morgan fingerprint density at radius 1 is 1.03 bits per heavy atom. The van der Waals surface area contributed by atoms with Crippen LogP contribution >= 0.6 is 0 Å². The van der Waals surface area contributed by atoms with Crippen LogP contribution < -0.4 is 0 Å². The van der Waals surface area contributed by atoms with Crippen LogP contribution in [0.1, 0.15) is 51.5 Å². The predicted molar refractivity (Wildman–Crippen MR) is 113 cm³/mol. The molecule has 0 saturated carbocycles. The van der Waals surface area contributed by atoms with Gasteiger partial charge >= 0.3 is 18.0 Å². The highest BCUT2D eigenvalue weighted by atomic mass is 16.6. The molecule has 7 heteroatoms. The molecular formula is C24H27NO6. The van der Waals surface area contributed by atoms with Crippen molar-refractivity contribution in [2.45, 2.75) is 58.1 Å². The molecule has 2 aromatic rings. The molecule has 0 N–H and O–H groups in total. The Bertz CT molecular complexity index is 938. The normalized spacial score (nSPS) is 20.8. The number of carbonyl (C=O) groups excluding carboxylic acids is 3. The van der Waals surface area contributed by atoms with E-state index in [0.29, 0.717) is 5.56 Å². The first kappa shape index (κ1) is 22.3. The van der Waals surface area contributed by atoms with E-state index < -0.39 is 35.4 Å². The number of rotatable bonds is 5. The van der Waals surface area contributed by atoms with Crippen molar-refractivity contribution >= 4 is 18.0 Å². The van der Waals surface area contributed by atoms with Gasteiger partial charge in [0.1, 0.15) is 12.2 Å². The quantitative estimate of drug-likeness (QED) is 0.523. The molecule has 1 aliphatic heterocycles. The molecule has 1 aliphatic rings. The third-order valence-corrected chi connectivity index (χ3v) is 4.82. The van der Waals surface area contributed by atoms with Crippen LogP contribution in [0.25, 0.3) is 0 Å². The second kappa shape index (κ2) is 8.79. The zero-order valence-corrected chi connectivity index (χ0v) is 18.2. The molecule has 0 radical (unpaired) electrons. The van der Waals surface area contributed by atoms with Gasteiger partial charge < -0.3 is 14.2 Å². The molecule has 3 rings (SSSR count). The minimum absolute atomic E-state index is 0.0222. The van der Waals surface area contributed by atoms with Crippen LogP contribution in [-0.4, -0.2) is 34.1 Å². The van der Waals surface area contributed by atoms with E-state index in [9.17, 15) is 14.4 Å². The molecular weight excluding hydrogens is 398 g/mol. The zero-order chi connectivity index (χ0) is 22.6. The number of amides is 1. The van der Waals surface area contributed by atoms with Crippen LogP contribution in [0, 0.1) is 0 Å². The number of esters is 2. The summed E-state index contributed by atoms with van der Waals surface area (Å²) < 4.78 is 16.4. The van der Waals surface area contributed by atoms with Gasteiger partial charge in [-0.1, -0.05) is 60.7 Å². The summed E-state index contributed by atoms with van der Waals surface area (Å²) in [4.78, 5) is 39.8. The second-order valence-corrected chi connectivity index (χ2v) is 8.62. The van der Waals surface area contributed by atoms with Crippen molar-refractivity contribution < 1.29 is 28.6 Å². The van der Waals surface area contributed by atoms with Crippen LogP contribution in [0.15, 0.2) is 60.7 Å². The maximum atomic E-state index is 13.1. The Balaban J connectivity index is 1.88. The average Bonchev–Trinajstić information content (AvgIpc) is 2.96. The van der Waals surface area contributed by atoms with Crippen molar-refractivity contribution in [3.63, 3.8) is 0 Å². The Labute approximate surface area is 181 Å². The van der Waals surface area contributed by atoms with E-state index >= 15 is 0 Å². The van der Waals surface area contributed by atoms with Gasteiger partial charge in [0.25, 0.3) is 0 Å². The topological polar surface area (TPSA) is 82.1 Å². The first-order valence-corrected chi connectivity index (χ1v) is 10.1. The maximum Gasteiger partial charge on any atom is 0.414 e. The number of nitrogens with zero attached hydrogens (tertiary/aromatic N) is 1. The molecule has 2 atom stereocenters. The number of ether oxygens (including phenoxy) is 3. The molecule has 31 heavy (non-hydrogen) atoms. The molecule has 0 aromatic heterocycles. The van der Waals surface area contributed by atoms with Crippen molar-refractivity contribution in [2.24, 2.45) is 0 Å². The summed E-state index contributed by atoms with van der Waals surface area (Å²) in [6, 6.07) is 18.1. The fraction of sp³-hybridized carbons (Fsp3) is 0.375. The standard InChI is InChI=1S/C24H27NO6/c1-23(2,3)31-19(26)15-24(4)21(27)30-20(18-13-9-6-10-14-18)25(24)22(28)29-16-17-11-7-5-8-12-17/h5-14,20H,15-16H2,1-4H3/t20-,24+/m0/s1. The predicted octanol–water partition coefficient (Wildman–Crippen LogP) is 4.37. The number of hydrogen-bond donors (Lipinski definition) is 0. The summed E-state index contributed by atoms with van der Waals surface area (Å²) in [7, 11) is 0. The van der Waals surface area contributed by atoms with Gasteiger partial charge in [0.05, 0.1) is 6.42 Å². The molecule has 0 unspecified atom stereocenters. The summed E-state index contributed by atoms with van der Waals surface area (Å²) in [5.41, 5.74) is -0.905. The fourth-order valence-corrected chi connectivity index (χ4v) is 3.38. The lowest BCUT2D eigenvalue weighted by atomic mass is 9.96. The Kier molecular flexibility index (Phi) is 6.34. The highest BCUT2D eigenvalue weighted by molar-refractivity contribution is 5.92. The van der Waals surface area contributed by atoms with E-state index in [1.807, 2.05) is 36.4 Å². The van der Waals surface area contributed by atoms with Crippen LogP contribution in [0.4, 0.5) is 4.79 Å². The first-order valence-electron chi connectivity index (χ1n) is 10.1. The van der Waals surface area contributed by atoms with E-state index in [1.54, 1.807) is 45.0 Å². The van der Waals surface area contributed by atoms with Gasteiger partial charge in [-0.3, -0.25) is 9.69 Å². The molecule has 0 spiro atoms. The van der Waals surface area contributed by atoms with Crippen molar-refractivity contribution in [1.82, 2.24) is 4.90 Å². The van der Waals surface area contributed by atoms with Crippen molar-refractivity contribution in [1.29, 1.82) is 0 Å². The summed E-state index contributed by atoms with van der Waals surface area (Å²) >= 11 is 0. The lowest BCUT2D eigenvalue weighted by Crippen LogP contribution is -2.51. The van der Waals surface area contributed by atoms with Gasteiger partial charge in [-0.05, 0) is 33.3 Å². The molecule has 1 amide bonds. The molecule has 0 aliphatic carbocycles. The lowest BCUT2D eigenvalue weighted by Gasteiger charge is -2.32. The van der Waals surface area contributed by atoms with E-state index in [1.165, 1.54) is 11.8 Å². The van der Waals surface area contributed by atoms with Crippen LogP contribution in [0.3, 0.4) is 0 Å². The number of benzene rings is 2. The zero-order valence-electron chi connectivity index (χ0n) is 18.2. The molecule has 7 nitrogen and oxygen atoms in total. The molecule has 0 bridgehead atoms. The summed E-state index contributed by atoms with van der Waals surface area (Å²) in [6.45, 7) is 6.72. The maximum absolute atomic E-state index is 13.1. The SMILES string of the molecule is CC(C)(C)OC(=O)C[C@]1(C)C(=O)O[C@@H](c2ccccc2)N1C(=O)OCc1ccccc1. The average molecular weight is 425 g/mol. The Morgan fingerprint density at radius 2 is 1.61 bits per heavy atom. The smallest absolute Gasteiger partial charge is 0.414 e. The first-order chi connectivity index (χ1) is 14.6. The van der Waals surface area contributed by atoms with Gasteiger partial charge in [-0.2, -0.15) is 0 Å². The van der Waals surface area contributed by atoms with Crippen LogP contribution in [0.2, 0.25) is 0 Å². The minimum atomic E-state index is -1.57. The third kappa shape index (κ3) is 5.23. The number of cyclic esters (lactones) is 1. The molecule has 1 heterocycles. The minimum Gasteiger partial charge on any atom is -0.460 e. The largest absolute Gasteiger partial charge is 0.460 e. The van der Waals surface area contributed by atoms with Gasteiger partial charge in [0.2, 0.25) is 6.23 Å². The van der Waals surface area contributed by atoms with E-state index in [4.69, 9.17) is 14.2 Å². The summed E-state index contributed by atoms with van der Waals surface area (Å²) in [5, 5.41) is 0. The highest BCUT2D eigenvalue weighted by Crippen LogP contribution is 2.41. The molecule has 2 aromatic carbocycles. The van der Waals surface area contributed by atoms with E-state index in [0.717, 1.165) is 5.56 Å². The highest BCUT2D eigenvalue weighted by Gasteiger charge is 2.57. The Morgan fingerprint density at radius 3 is 2.19 bits per heavy atom. The molecule has 164 valence electrons. The number of hydrogen-bond acceptors (Lipinski definition) is 6. The summed E-state index contributed by atoms with van der Waals surface area (Å²) in [5.74, 6) is -1.30. The molecule has 1 saturated heterocycles. The Hall–Kier alpha value is -3.35. The number of carbonyl (C=O) groups is 3. The van der Waals surface area contributed by atoms with Crippen molar-refractivity contribution in [3.8, 4) is 0 Å². The monoisotopic (exact) mass is 425 g/mol. The van der Waals surface area contributed by atoms with Gasteiger partial charge in [0, 0.05) is 5.56 Å². The lowest BCUT2D eigenvalue weighted by molar-refractivity contribution is -0.160. The second-order valence-electron chi connectivity index (χ2n) is 8.62. The van der Waals surface area contributed by atoms with Crippen LogP contribution in [0.5, 0.6) is 0 Å². The van der Waals surface area contributed by atoms with Crippen molar-refractivity contribution in [2.75, 3.05) is 0 Å². The molecule has 1 fully saturated rings. The van der Waals surface area contributed by atoms with Gasteiger partial charge in [-0.25, -0.2) is 9.59 Å². The fourth-order valence-electron chi connectivity index (χ4n) is 3.38. The van der Waals surface area contributed by atoms with Crippen LogP contribution in [-0.2, 0) is 30.4 Å². The van der Waals surface area contributed by atoms with E-state index in [2.05, 4.69) is 0 Å². The third-order valence-electron chi connectivity index (χ3n) is 4.82. The van der Waals surface area contributed by atoms with Crippen molar-refractivity contribution in [3.05, 3.63) is 71.8 Å². The van der Waals surface area contributed by atoms with Gasteiger partial charge in [0.15, 0.2) is 5.54 Å². The summed E-state index contributed by atoms with van der Waals surface area (Å²) in [6.07, 6.45) is -2.12.